The van der Waals surface area contributed by atoms with Gasteiger partial charge in [0.05, 0.1) is 26.4 Å². The predicted octanol–water partition coefficient (Wildman–Crippen LogP) is 25.7. The number of ether oxygens (including phenoxy) is 4. The summed E-state index contributed by atoms with van der Waals surface area (Å²) in [4.78, 5) is 73.2. The normalized spacial score (nSPS) is 14.2. The Morgan fingerprint density at radius 2 is 0.490 bits per heavy atom. The molecule has 19 heteroatoms. The molecule has 0 aliphatic carbocycles. The van der Waals surface area contributed by atoms with E-state index >= 15 is 0 Å². The van der Waals surface area contributed by atoms with Crippen molar-refractivity contribution in [1.82, 2.24) is 0 Å². The van der Waals surface area contributed by atoms with Gasteiger partial charge in [-0.2, -0.15) is 0 Å². The molecule has 0 spiro atoms. The number of carbonyl (C=O) groups is 4. The third-order valence-electron chi connectivity index (χ3n) is 20.2. The first-order valence-corrected chi connectivity index (χ1v) is 46.9. The summed E-state index contributed by atoms with van der Waals surface area (Å²) in [6.45, 7) is 12.0. The first-order chi connectivity index (χ1) is 50.3. The van der Waals surface area contributed by atoms with E-state index in [0.717, 1.165) is 114 Å². The SMILES string of the molecule is CCCCCCCCCCCCCCCCCCCC(=O)O[C@H](COC(=O)CCCCCCCCC(C)CC)COP(=O)(O)OC[C@H](O)COP(=O)(O)OC[C@@H](COC(=O)CCCCCCCCCCCCCCCCCC(C)C)OC(=O)CCCCCCCCCCCCCCCCCCC(C)C. The molecule has 0 amide bonds. The Bertz CT molecular complexity index is 2010. The lowest BCUT2D eigenvalue weighted by Crippen LogP contribution is -2.30. The molecule has 104 heavy (non-hydrogen) atoms. The van der Waals surface area contributed by atoms with Crippen molar-refractivity contribution in [2.24, 2.45) is 17.8 Å². The first kappa shape index (κ1) is 102. The van der Waals surface area contributed by atoms with Crippen molar-refractivity contribution >= 4 is 39.5 Å². The van der Waals surface area contributed by atoms with Crippen molar-refractivity contribution in [3.63, 3.8) is 0 Å². The van der Waals surface area contributed by atoms with Gasteiger partial charge < -0.3 is 33.8 Å². The zero-order valence-electron chi connectivity index (χ0n) is 68.5. The lowest BCUT2D eigenvalue weighted by atomic mass is 10.00. The van der Waals surface area contributed by atoms with Crippen LogP contribution in [0.1, 0.15) is 447 Å². The average molecular weight is 1520 g/mol. The molecule has 3 unspecified atom stereocenters. The summed E-state index contributed by atoms with van der Waals surface area (Å²) in [6.07, 6.45) is 65.3. The molecule has 0 aromatic carbocycles. The maximum Gasteiger partial charge on any atom is 0.472 e. The van der Waals surface area contributed by atoms with Crippen molar-refractivity contribution in [3.05, 3.63) is 0 Å². The minimum absolute atomic E-state index is 0.108. The van der Waals surface area contributed by atoms with Gasteiger partial charge in [0.2, 0.25) is 0 Å². The summed E-state index contributed by atoms with van der Waals surface area (Å²) in [6, 6.07) is 0. The number of esters is 4. The van der Waals surface area contributed by atoms with E-state index in [-0.39, 0.29) is 25.7 Å². The van der Waals surface area contributed by atoms with Gasteiger partial charge in [-0.3, -0.25) is 37.3 Å². The maximum absolute atomic E-state index is 13.1. The molecule has 6 atom stereocenters. The molecule has 0 bridgehead atoms. The predicted molar refractivity (Wildman–Crippen MR) is 428 cm³/mol. The van der Waals surface area contributed by atoms with Crippen LogP contribution in [0.5, 0.6) is 0 Å². The highest BCUT2D eigenvalue weighted by Gasteiger charge is 2.30. The van der Waals surface area contributed by atoms with Crippen molar-refractivity contribution in [2.75, 3.05) is 39.6 Å². The number of aliphatic hydroxyl groups excluding tert-OH is 1. The number of carbonyl (C=O) groups excluding carboxylic acids is 4. The largest absolute Gasteiger partial charge is 0.472 e. The van der Waals surface area contributed by atoms with Crippen molar-refractivity contribution in [1.29, 1.82) is 0 Å². The Kier molecular flexibility index (Phi) is 73.7. The quantitative estimate of drug-likeness (QED) is 0.0222. The van der Waals surface area contributed by atoms with Crippen LogP contribution in [0.15, 0.2) is 0 Å². The highest BCUT2D eigenvalue weighted by Crippen LogP contribution is 2.45. The molecule has 0 aromatic heterocycles. The van der Waals surface area contributed by atoms with E-state index in [1.54, 1.807) is 0 Å². The number of unbranched alkanes of at least 4 members (excludes halogenated alkanes) is 50. The molecular weight excluding hydrogens is 1350 g/mol. The molecule has 0 aliphatic heterocycles. The standard InChI is InChI=1S/C85H166O17P2/c1-8-10-11-12-13-14-15-16-17-18-24-30-35-40-45-54-62-69-85(90)102-81(73-96-83(88)67-60-53-48-47-51-58-65-78(7)9-2)75-100-104(93,94)98-71-79(86)70-97-103(91,92)99-74-80(72-95-82(87)66-59-52-44-39-34-29-26-21-23-28-33-38-43-50-57-64-77(5)6)101-84(89)68-61-55-46-41-36-31-25-20-19-22-27-32-37-42-49-56-63-76(3)4/h76-81,86H,8-75H2,1-7H3,(H,91,92)(H,93,94)/t78?,79-,80-,81-/m1/s1. The third-order valence-corrected chi connectivity index (χ3v) is 22.1. The van der Waals surface area contributed by atoms with Crippen LogP contribution in [-0.2, 0) is 65.4 Å². The lowest BCUT2D eigenvalue weighted by Gasteiger charge is -2.21. The zero-order chi connectivity index (χ0) is 76.5. The van der Waals surface area contributed by atoms with Crippen LogP contribution in [0.2, 0.25) is 0 Å². The summed E-state index contributed by atoms with van der Waals surface area (Å²) in [5, 5.41) is 10.7. The highest BCUT2D eigenvalue weighted by atomic mass is 31.2. The molecule has 3 N–H and O–H groups in total. The van der Waals surface area contributed by atoms with Gasteiger partial charge in [-0.15, -0.1) is 0 Å². The summed E-state index contributed by atoms with van der Waals surface area (Å²) in [5.74, 6) is 0.240. The number of hydrogen-bond acceptors (Lipinski definition) is 15. The summed E-state index contributed by atoms with van der Waals surface area (Å²) in [7, 11) is -9.93. The second-order valence-corrected chi connectivity index (χ2v) is 34.7. The van der Waals surface area contributed by atoms with Gasteiger partial charge in [0.25, 0.3) is 0 Å². The summed E-state index contributed by atoms with van der Waals surface area (Å²) < 4.78 is 68.9. The number of hydrogen-bond donors (Lipinski definition) is 3. The van der Waals surface area contributed by atoms with Gasteiger partial charge in [-0.25, -0.2) is 9.13 Å². The van der Waals surface area contributed by atoms with Gasteiger partial charge in [-0.1, -0.05) is 395 Å². The minimum Gasteiger partial charge on any atom is -0.462 e. The number of phosphoric ester groups is 2. The fourth-order valence-corrected chi connectivity index (χ4v) is 14.7. The Morgan fingerprint density at radius 3 is 0.731 bits per heavy atom. The van der Waals surface area contributed by atoms with Gasteiger partial charge >= 0.3 is 39.5 Å². The minimum atomic E-state index is -4.97. The molecule has 0 fully saturated rings. The number of phosphoric acid groups is 2. The van der Waals surface area contributed by atoms with Crippen LogP contribution in [0.4, 0.5) is 0 Å². The topological polar surface area (TPSA) is 237 Å². The molecular formula is C85H166O17P2. The highest BCUT2D eigenvalue weighted by molar-refractivity contribution is 7.47. The van der Waals surface area contributed by atoms with E-state index in [1.807, 2.05) is 0 Å². The van der Waals surface area contributed by atoms with Crippen LogP contribution >= 0.6 is 15.6 Å². The lowest BCUT2D eigenvalue weighted by molar-refractivity contribution is -0.161. The summed E-state index contributed by atoms with van der Waals surface area (Å²) in [5.41, 5.74) is 0. The van der Waals surface area contributed by atoms with Crippen LogP contribution < -0.4 is 0 Å². The molecule has 17 nitrogen and oxygen atoms in total. The van der Waals surface area contributed by atoms with Crippen molar-refractivity contribution in [3.8, 4) is 0 Å². The summed E-state index contributed by atoms with van der Waals surface area (Å²) >= 11 is 0. The van der Waals surface area contributed by atoms with E-state index < -0.39 is 97.5 Å². The zero-order valence-corrected chi connectivity index (χ0v) is 70.3. The van der Waals surface area contributed by atoms with Gasteiger partial charge in [0.15, 0.2) is 12.2 Å². The van der Waals surface area contributed by atoms with Gasteiger partial charge in [0, 0.05) is 25.7 Å². The molecule has 0 saturated carbocycles. The molecule has 618 valence electrons. The molecule has 0 radical (unpaired) electrons. The van der Waals surface area contributed by atoms with Crippen LogP contribution in [0, 0.1) is 17.8 Å². The number of rotatable bonds is 83. The van der Waals surface area contributed by atoms with Crippen LogP contribution in [0.25, 0.3) is 0 Å². The van der Waals surface area contributed by atoms with Crippen molar-refractivity contribution < 1.29 is 80.2 Å². The van der Waals surface area contributed by atoms with E-state index in [9.17, 15) is 43.2 Å². The van der Waals surface area contributed by atoms with Gasteiger partial charge in [-0.05, 0) is 43.4 Å². The van der Waals surface area contributed by atoms with E-state index in [1.165, 1.54) is 250 Å². The fraction of sp³-hybridized carbons (Fsp3) is 0.953. The molecule has 0 saturated heterocycles. The van der Waals surface area contributed by atoms with Crippen LogP contribution in [0.3, 0.4) is 0 Å². The fourth-order valence-electron chi connectivity index (χ4n) is 13.2. The Balaban J connectivity index is 5.24. The Morgan fingerprint density at radius 1 is 0.279 bits per heavy atom. The first-order valence-electron chi connectivity index (χ1n) is 43.9. The Labute approximate surface area is 638 Å². The molecule has 0 heterocycles. The number of aliphatic hydroxyl groups is 1. The second kappa shape index (κ2) is 75.1. The van der Waals surface area contributed by atoms with Gasteiger partial charge in [0.1, 0.15) is 19.3 Å². The van der Waals surface area contributed by atoms with Crippen molar-refractivity contribution in [2.45, 2.75) is 465 Å². The molecule has 0 aliphatic rings. The second-order valence-electron chi connectivity index (χ2n) is 31.8. The third kappa shape index (κ3) is 76.8. The maximum atomic E-state index is 13.1. The molecule has 0 aromatic rings. The Hall–Kier alpha value is -1.94. The van der Waals surface area contributed by atoms with E-state index in [4.69, 9.17) is 37.0 Å². The average Bonchev–Trinajstić information content (AvgIpc) is 0.903. The van der Waals surface area contributed by atoms with Crippen LogP contribution in [-0.4, -0.2) is 96.7 Å². The molecule has 0 rings (SSSR count). The smallest absolute Gasteiger partial charge is 0.462 e. The monoisotopic (exact) mass is 1520 g/mol. The van der Waals surface area contributed by atoms with E-state index in [2.05, 4.69) is 48.5 Å². The van der Waals surface area contributed by atoms with E-state index in [0.29, 0.717) is 25.7 Å².